The molecule has 0 bridgehead atoms. The second-order valence-corrected chi connectivity index (χ2v) is 9.15. The number of nitrogens with one attached hydrogen (secondary N) is 1. The molecule has 5 nitrogen and oxygen atoms in total. The average molecular weight is 497 g/mol. The quantitative estimate of drug-likeness (QED) is 0.283. The average Bonchev–Trinajstić information content (AvgIpc) is 3.24. The number of carbonyl (C=O) groups is 1. The van der Waals surface area contributed by atoms with E-state index in [1.807, 2.05) is 59.2 Å². The highest BCUT2D eigenvalue weighted by Gasteiger charge is 2.18. The molecule has 1 N–H and O–H groups in total. The molecule has 0 saturated carbocycles. The Hall–Kier alpha value is -2.80. The Labute approximate surface area is 207 Å². The zero-order chi connectivity index (χ0) is 23.0. The van der Waals surface area contributed by atoms with Crippen molar-refractivity contribution >= 4 is 40.9 Å². The Morgan fingerprint density at radius 3 is 2.30 bits per heavy atom. The SMILES string of the molecule is O=C(CCc1ccccc1)NCc1nnc(SCc2ccccc2)n1-c1ccc(Cl)cc1Cl. The fourth-order valence-corrected chi connectivity index (χ4v) is 4.72. The van der Waals surface area contributed by atoms with E-state index in [0.717, 1.165) is 17.0 Å². The predicted octanol–water partition coefficient (Wildman–Crippen LogP) is 6.12. The van der Waals surface area contributed by atoms with Crippen molar-refractivity contribution in [2.45, 2.75) is 30.3 Å². The molecule has 8 heteroatoms. The van der Waals surface area contributed by atoms with Crippen LogP contribution in [0.25, 0.3) is 5.69 Å². The lowest BCUT2D eigenvalue weighted by molar-refractivity contribution is -0.121. The van der Waals surface area contributed by atoms with Gasteiger partial charge in [0.15, 0.2) is 11.0 Å². The van der Waals surface area contributed by atoms with Gasteiger partial charge in [0.25, 0.3) is 0 Å². The van der Waals surface area contributed by atoms with Crippen molar-refractivity contribution in [1.29, 1.82) is 0 Å². The number of nitrogens with zero attached hydrogens (tertiary/aromatic N) is 3. The van der Waals surface area contributed by atoms with Crippen LogP contribution < -0.4 is 5.32 Å². The van der Waals surface area contributed by atoms with Crippen LogP contribution in [0, 0.1) is 0 Å². The van der Waals surface area contributed by atoms with Crippen molar-refractivity contribution in [1.82, 2.24) is 20.1 Å². The maximum absolute atomic E-state index is 12.4. The van der Waals surface area contributed by atoms with E-state index < -0.39 is 0 Å². The van der Waals surface area contributed by atoms with Crippen LogP contribution >= 0.6 is 35.0 Å². The summed E-state index contributed by atoms with van der Waals surface area (Å²) in [5.74, 6) is 1.28. The van der Waals surface area contributed by atoms with Gasteiger partial charge in [0.05, 0.1) is 17.3 Å². The number of aryl methyl sites for hydroxylation is 1. The van der Waals surface area contributed by atoms with Gasteiger partial charge in [0.1, 0.15) is 0 Å². The first kappa shape index (κ1) is 23.4. The number of amides is 1. The van der Waals surface area contributed by atoms with E-state index in [1.165, 1.54) is 5.56 Å². The zero-order valence-corrected chi connectivity index (χ0v) is 20.1. The van der Waals surface area contributed by atoms with Gasteiger partial charge in [0, 0.05) is 17.2 Å². The molecule has 0 aliphatic rings. The summed E-state index contributed by atoms with van der Waals surface area (Å²) < 4.78 is 1.88. The maximum Gasteiger partial charge on any atom is 0.220 e. The third-order valence-electron chi connectivity index (χ3n) is 4.99. The highest BCUT2D eigenvalue weighted by atomic mass is 35.5. The van der Waals surface area contributed by atoms with Crippen molar-refractivity contribution in [2.24, 2.45) is 0 Å². The maximum atomic E-state index is 12.4. The van der Waals surface area contributed by atoms with Gasteiger partial charge in [-0.3, -0.25) is 9.36 Å². The van der Waals surface area contributed by atoms with Crippen molar-refractivity contribution < 1.29 is 4.79 Å². The first-order valence-corrected chi connectivity index (χ1v) is 12.2. The van der Waals surface area contributed by atoms with E-state index in [2.05, 4.69) is 27.6 Å². The summed E-state index contributed by atoms with van der Waals surface area (Å²) in [4.78, 5) is 12.4. The smallest absolute Gasteiger partial charge is 0.220 e. The molecule has 3 aromatic carbocycles. The Morgan fingerprint density at radius 1 is 0.909 bits per heavy atom. The molecule has 0 aliphatic heterocycles. The van der Waals surface area contributed by atoms with Gasteiger partial charge in [-0.25, -0.2) is 0 Å². The van der Waals surface area contributed by atoms with E-state index >= 15 is 0 Å². The molecule has 0 saturated heterocycles. The molecule has 0 atom stereocenters. The van der Waals surface area contributed by atoms with Gasteiger partial charge in [-0.05, 0) is 35.7 Å². The molecule has 4 aromatic rings. The third-order valence-corrected chi connectivity index (χ3v) is 6.53. The molecule has 33 heavy (non-hydrogen) atoms. The number of carbonyl (C=O) groups excluding carboxylic acids is 1. The minimum absolute atomic E-state index is 0.0471. The van der Waals surface area contributed by atoms with E-state index in [1.54, 1.807) is 23.9 Å². The van der Waals surface area contributed by atoms with Crippen molar-refractivity contribution in [3.63, 3.8) is 0 Å². The predicted molar refractivity (Wildman–Crippen MR) is 134 cm³/mol. The largest absolute Gasteiger partial charge is 0.349 e. The van der Waals surface area contributed by atoms with Gasteiger partial charge >= 0.3 is 0 Å². The van der Waals surface area contributed by atoms with Crippen LogP contribution in [0.4, 0.5) is 0 Å². The minimum atomic E-state index is -0.0471. The molecular formula is C25H22Cl2N4OS. The van der Waals surface area contributed by atoms with Crippen LogP contribution in [-0.2, 0) is 23.5 Å². The molecule has 0 aliphatic carbocycles. The fraction of sp³-hybridized carbons (Fsp3) is 0.160. The normalized spacial score (nSPS) is 10.8. The Kier molecular flexibility index (Phi) is 8.05. The van der Waals surface area contributed by atoms with Crippen LogP contribution in [0.15, 0.2) is 84.0 Å². The van der Waals surface area contributed by atoms with Crippen LogP contribution in [0.5, 0.6) is 0 Å². The Bertz CT molecular complexity index is 1220. The molecule has 1 aromatic heterocycles. The van der Waals surface area contributed by atoms with Crippen molar-refractivity contribution in [3.05, 3.63) is 106 Å². The monoisotopic (exact) mass is 496 g/mol. The second-order valence-electron chi connectivity index (χ2n) is 7.37. The molecule has 1 heterocycles. The number of hydrogen-bond donors (Lipinski definition) is 1. The van der Waals surface area contributed by atoms with Gasteiger partial charge < -0.3 is 5.32 Å². The van der Waals surface area contributed by atoms with E-state index in [-0.39, 0.29) is 12.5 Å². The zero-order valence-electron chi connectivity index (χ0n) is 17.7. The molecular weight excluding hydrogens is 475 g/mol. The second kappa shape index (κ2) is 11.4. The molecule has 1 amide bonds. The highest BCUT2D eigenvalue weighted by molar-refractivity contribution is 7.98. The third kappa shape index (κ3) is 6.38. The Morgan fingerprint density at radius 2 is 1.61 bits per heavy atom. The first-order valence-electron chi connectivity index (χ1n) is 10.5. The number of rotatable bonds is 9. The lowest BCUT2D eigenvalue weighted by atomic mass is 10.1. The number of benzene rings is 3. The van der Waals surface area contributed by atoms with Gasteiger partial charge in [0.2, 0.25) is 5.91 Å². The summed E-state index contributed by atoms with van der Waals surface area (Å²) in [5, 5.41) is 13.4. The van der Waals surface area contributed by atoms with Crippen LogP contribution in [0.3, 0.4) is 0 Å². The summed E-state index contributed by atoms with van der Waals surface area (Å²) in [6.07, 6.45) is 1.08. The number of halogens is 2. The van der Waals surface area contributed by atoms with Crippen molar-refractivity contribution in [3.8, 4) is 5.69 Å². The number of hydrogen-bond acceptors (Lipinski definition) is 4. The number of thioether (sulfide) groups is 1. The standard InChI is InChI=1S/C25H22Cl2N4OS/c26-20-12-13-22(21(27)15-20)31-23(16-28-24(32)14-11-18-7-3-1-4-8-18)29-30-25(31)33-17-19-9-5-2-6-10-19/h1-10,12-13,15H,11,14,16-17H2,(H,28,32). The molecule has 0 spiro atoms. The molecule has 4 rings (SSSR count). The molecule has 0 unspecified atom stereocenters. The minimum Gasteiger partial charge on any atom is -0.349 e. The van der Waals surface area contributed by atoms with Gasteiger partial charge in [-0.1, -0.05) is 95.6 Å². The summed E-state index contributed by atoms with van der Waals surface area (Å²) in [6, 6.07) is 25.4. The van der Waals surface area contributed by atoms with Crippen LogP contribution in [0.1, 0.15) is 23.4 Å². The van der Waals surface area contributed by atoms with E-state index in [0.29, 0.717) is 33.9 Å². The van der Waals surface area contributed by atoms with Crippen LogP contribution in [0.2, 0.25) is 10.0 Å². The Balaban J connectivity index is 1.50. The lowest BCUT2D eigenvalue weighted by Gasteiger charge is -2.13. The van der Waals surface area contributed by atoms with Crippen LogP contribution in [-0.4, -0.2) is 20.7 Å². The van der Waals surface area contributed by atoms with E-state index in [9.17, 15) is 4.79 Å². The molecule has 0 fully saturated rings. The fourth-order valence-electron chi connectivity index (χ4n) is 3.30. The first-order chi connectivity index (χ1) is 16.1. The lowest BCUT2D eigenvalue weighted by Crippen LogP contribution is -2.25. The summed E-state index contributed by atoms with van der Waals surface area (Å²) in [5.41, 5.74) is 3.02. The van der Waals surface area contributed by atoms with Crippen molar-refractivity contribution in [2.75, 3.05) is 0 Å². The van der Waals surface area contributed by atoms with Gasteiger partial charge in [-0.15, -0.1) is 10.2 Å². The summed E-state index contributed by atoms with van der Waals surface area (Å²) >= 11 is 14.2. The molecule has 168 valence electrons. The summed E-state index contributed by atoms with van der Waals surface area (Å²) in [6.45, 7) is 0.242. The number of aromatic nitrogens is 3. The van der Waals surface area contributed by atoms with E-state index in [4.69, 9.17) is 23.2 Å². The van der Waals surface area contributed by atoms with Gasteiger partial charge in [-0.2, -0.15) is 0 Å². The molecule has 0 radical (unpaired) electrons. The topological polar surface area (TPSA) is 59.8 Å². The highest BCUT2D eigenvalue weighted by Crippen LogP contribution is 2.30. The summed E-state index contributed by atoms with van der Waals surface area (Å²) in [7, 11) is 0.